The molecule has 0 amide bonds. The van der Waals surface area contributed by atoms with Gasteiger partial charge in [0.15, 0.2) is 5.52 Å². The van der Waals surface area contributed by atoms with Gasteiger partial charge in [-0.25, -0.2) is 4.79 Å². The van der Waals surface area contributed by atoms with E-state index < -0.39 is 5.63 Å². The molecule has 3 rings (SSSR count). The van der Waals surface area contributed by atoms with Gasteiger partial charge in [-0.15, -0.1) is 5.10 Å². The first-order chi connectivity index (χ1) is 7.25. The van der Waals surface area contributed by atoms with Crippen LogP contribution in [0, 0.1) is 6.92 Å². The van der Waals surface area contributed by atoms with E-state index in [4.69, 9.17) is 4.42 Å². The third kappa shape index (κ3) is 1.06. The lowest BCUT2D eigenvalue weighted by Gasteiger charge is -1.97. The molecule has 0 radical (unpaired) electrons. The van der Waals surface area contributed by atoms with Crippen LogP contribution in [0.4, 0.5) is 0 Å². The maximum absolute atomic E-state index is 11.4. The van der Waals surface area contributed by atoms with E-state index in [1.165, 1.54) is 0 Å². The van der Waals surface area contributed by atoms with Crippen molar-refractivity contribution >= 4 is 22.0 Å². The number of fused-ring (bicyclic) bond motifs is 3. The van der Waals surface area contributed by atoms with Crippen LogP contribution in [0.2, 0.25) is 0 Å². The van der Waals surface area contributed by atoms with Crippen LogP contribution in [0.15, 0.2) is 27.4 Å². The third-order valence-electron chi connectivity index (χ3n) is 2.33. The van der Waals surface area contributed by atoms with Gasteiger partial charge >= 0.3 is 5.63 Å². The highest BCUT2D eigenvalue weighted by atomic mass is 16.4. The number of hydrogen-bond donors (Lipinski definition) is 1. The molecule has 2 aromatic heterocycles. The molecule has 1 aromatic carbocycles. The van der Waals surface area contributed by atoms with E-state index in [0.717, 1.165) is 10.9 Å². The number of nitrogens with zero attached hydrogens (tertiary/aromatic N) is 2. The Morgan fingerprint density at radius 3 is 2.93 bits per heavy atom. The Balaban J connectivity index is 2.67. The number of aryl methyl sites for hydroxylation is 1. The minimum atomic E-state index is -0.463. The summed E-state index contributed by atoms with van der Waals surface area (Å²) >= 11 is 0. The highest BCUT2D eigenvalue weighted by molar-refractivity contribution is 6.00. The van der Waals surface area contributed by atoms with Crippen LogP contribution < -0.4 is 5.63 Å². The molecule has 0 saturated carbocycles. The Labute approximate surface area is 83.7 Å². The van der Waals surface area contributed by atoms with Crippen molar-refractivity contribution in [1.82, 2.24) is 15.4 Å². The summed E-state index contributed by atoms with van der Waals surface area (Å²) in [7, 11) is 0. The van der Waals surface area contributed by atoms with Crippen molar-refractivity contribution in [3.63, 3.8) is 0 Å². The average molecular weight is 201 g/mol. The third-order valence-corrected chi connectivity index (χ3v) is 2.33. The predicted molar refractivity (Wildman–Crippen MR) is 54.7 cm³/mol. The molecule has 1 N–H and O–H groups in total. The summed E-state index contributed by atoms with van der Waals surface area (Å²) in [6.07, 6.45) is 0. The van der Waals surface area contributed by atoms with Crippen LogP contribution in [0.3, 0.4) is 0 Å². The standard InChI is InChI=1S/C10H7N3O2/c1-5-2-3-7-6(4-5)8-9(10(14)15-7)12-13-11-8/h2-4H,1H3,(H,11,12,13). The van der Waals surface area contributed by atoms with Crippen LogP contribution in [-0.2, 0) is 0 Å². The number of hydrogen-bond acceptors (Lipinski definition) is 4. The fourth-order valence-electron chi connectivity index (χ4n) is 1.63. The zero-order chi connectivity index (χ0) is 10.4. The summed E-state index contributed by atoms with van der Waals surface area (Å²) in [6, 6.07) is 5.57. The number of rotatable bonds is 0. The van der Waals surface area contributed by atoms with Crippen molar-refractivity contribution in [2.24, 2.45) is 0 Å². The zero-order valence-electron chi connectivity index (χ0n) is 7.94. The Morgan fingerprint density at radius 1 is 1.27 bits per heavy atom. The van der Waals surface area contributed by atoms with E-state index in [9.17, 15) is 4.79 Å². The van der Waals surface area contributed by atoms with Gasteiger partial charge < -0.3 is 4.42 Å². The summed E-state index contributed by atoms with van der Waals surface area (Å²) in [6.45, 7) is 1.97. The molecule has 5 nitrogen and oxygen atoms in total. The van der Waals surface area contributed by atoms with Crippen LogP contribution in [0.5, 0.6) is 0 Å². The minimum absolute atomic E-state index is 0.244. The topological polar surface area (TPSA) is 71.8 Å². The molecule has 0 fully saturated rings. The average Bonchev–Trinajstić information content (AvgIpc) is 2.69. The Kier molecular flexibility index (Phi) is 1.45. The van der Waals surface area contributed by atoms with Crippen LogP contribution >= 0.6 is 0 Å². The van der Waals surface area contributed by atoms with Gasteiger partial charge in [-0.1, -0.05) is 11.6 Å². The van der Waals surface area contributed by atoms with Crippen molar-refractivity contribution < 1.29 is 4.42 Å². The Hall–Kier alpha value is -2.17. The molecule has 0 saturated heterocycles. The molecule has 5 heteroatoms. The molecule has 0 spiro atoms. The van der Waals surface area contributed by atoms with E-state index in [2.05, 4.69) is 15.4 Å². The van der Waals surface area contributed by atoms with E-state index in [-0.39, 0.29) is 5.52 Å². The second-order valence-corrected chi connectivity index (χ2v) is 3.41. The van der Waals surface area contributed by atoms with E-state index >= 15 is 0 Å². The molecule has 0 atom stereocenters. The summed E-state index contributed by atoms with van der Waals surface area (Å²) < 4.78 is 5.11. The van der Waals surface area contributed by atoms with Crippen molar-refractivity contribution in [2.45, 2.75) is 6.92 Å². The molecule has 0 unspecified atom stereocenters. The first kappa shape index (κ1) is 8.16. The number of H-pyrrole nitrogens is 1. The zero-order valence-corrected chi connectivity index (χ0v) is 7.94. The van der Waals surface area contributed by atoms with E-state index in [1.807, 2.05) is 19.1 Å². The summed E-state index contributed by atoms with van der Waals surface area (Å²) in [4.78, 5) is 11.4. The van der Waals surface area contributed by atoms with Gasteiger partial charge in [0.25, 0.3) is 0 Å². The van der Waals surface area contributed by atoms with Crippen LogP contribution in [0.25, 0.3) is 22.0 Å². The van der Waals surface area contributed by atoms with Crippen molar-refractivity contribution in [1.29, 1.82) is 0 Å². The quantitative estimate of drug-likeness (QED) is 0.557. The van der Waals surface area contributed by atoms with Crippen LogP contribution in [-0.4, -0.2) is 15.4 Å². The number of nitrogens with one attached hydrogen (secondary N) is 1. The molecular formula is C10H7N3O2. The van der Waals surface area contributed by atoms with Gasteiger partial charge in [0.2, 0.25) is 0 Å². The maximum atomic E-state index is 11.4. The monoisotopic (exact) mass is 201 g/mol. The summed E-state index contributed by atoms with van der Waals surface area (Å²) in [5, 5.41) is 10.9. The summed E-state index contributed by atoms with van der Waals surface area (Å²) in [5.41, 5.74) is 1.96. The number of benzene rings is 1. The predicted octanol–water partition coefficient (Wildman–Crippen LogP) is 1.37. The van der Waals surface area contributed by atoms with Crippen LogP contribution in [0.1, 0.15) is 5.56 Å². The van der Waals surface area contributed by atoms with Gasteiger partial charge in [-0.05, 0) is 19.1 Å². The maximum Gasteiger partial charge on any atom is 0.366 e. The lowest BCUT2D eigenvalue weighted by Crippen LogP contribution is -1.99. The van der Waals surface area contributed by atoms with Crippen molar-refractivity contribution in [3.8, 4) is 0 Å². The van der Waals surface area contributed by atoms with Gasteiger partial charge in [-0.2, -0.15) is 10.3 Å². The molecule has 0 aliphatic rings. The minimum Gasteiger partial charge on any atom is -0.421 e. The second-order valence-electron chi connectivity index (χ2n) is 3.41. The van der Waals surface area contributed by atoms with Gasteiger partial charge in [-0.3, -0.25) is 0 Å². The summed E-state index contributed by atoms with van der Waals surface area (Å²) in [5.74, 6) is 0. The highest BCUT2D eigenvalue weighted by Crippen LogP contribution is 2.20. The molecule has 2 heterocycles. The largest absolute Gasteiger partial charge is 0.421 e. The molecular weight excluding hydrogens is 194 g/mol. The van der Waals surface area contributed by atoms with Gasteiger partial charge in [0.05, 0.1) is 0 Å². The Morgan fingerprint density at radius 2 is 2.07 bits per heavy atom. The molecule has 3 aromatic rings. The fraction of sp³-hybridized carbons (Fsp3) is 0.100. The van der Waals surface area contributed by atoms with Gasteiger partial charge in [0, 0.05) is 5.39 Å². The molecule has 0 bridgehead atoms. The first-order valence-electron chi connectivity index (χ1n) is 4.49. The first-order valence-corrected chi connectivity index (χ1v) is 4.49. The fourth-order valence-corrected chi connectivity index (χ4v) is 1.63. The van der Waals surface area contributed by atoms with Gasteiger partial charge in [0.1, 0.15) is 11.1 Å². The molecule has 0 aliphatic carbocycles. The second kappa shape index (κ2) is 2.66. The van der Waals surface area contributed by atoms with Crippen molar-refractivity contribution in [2.75, 3.05) is 0 Å². The SMILES string of the molecule is Cc1ccc2oc(=O)c3n[nH]nc3c2c1. The molecule has 0 aliphatic heterocycles. The highest BCUT2D eigenvalue weighted by Gasteiger charge is 2.10. The van der Waals surface area contributed by atoms with Crippen molar-refractivity contribution in [3.05, 3.63) is 34.2 Å². The molecule has 15 heavy (non-hydrogen) atoms. The lowest BCUT2D eigenvalue weighted by atomic mass is 10.1. The number of aromatic nitrogens is 3. The van der Waals surface area contributed by atoms with E-state index in [0.29, 0.717) is 11.1 Å². The number of aromatic amines is 1. The molecule has 74 valence electrons. The lowest BCUT2D eigenvalue weighted by molar-refractivity contribution is 0.567. The Bertz CT molecular complexity index is 711. The smallest absolute Gasteiger partial charge is 0.366 e. The normalized spacial score (nSPS) is 11.3. The van der Waals surface area contributed by atoms with E-state index in [1.54, 1.807) is 6.07 Å².